The highest BCUT2D eigenvalue weighted by Crippen LogP contribution is 2.21. The summed E-state index contributed by atoms with van der Waals surface area (Å²) in [6, 6.07) is 4.40. The van der Waals surface area contributed by atoms with Crippen molar-refractivity contribution in [1.29, 1.82) is 0 Å². The molecule has 1 unspecified atom stereocenters. The van der Waals surface area contributed by atoms with E-state index in [0.29, 0.717) is 6.42 Å². The summed E-state index contributed by atoms with van der Waals surface area (Å²) in [5.41, 5.74) is 0. The molecule has 0 aliphatic heterocycles. The van der Waals surface area contributed by atoms with E-state index >= 15 is 0 Å². The first-order valence-corrected chi connectivity index (χ1v) is 7.47. The maximum Gasteiger partial charge on any atom is 0.221 e. The van der Waals surface area contributed by atoms with Crippen LogP contribution in [0.5, 0.6) is 0 Å². The van der Waals surface area contributed by atoms with Crippen LogP contribution in [0.15, 0.2) is 15.9 Å². The molecule has 1 aromatic rings. The summed E-state index contributed by atoms with van der Waals surface area (Å²) in [4.78, 5) is 12.7. The quantitative estimate of drug-likeness (QED) is 0.759. The van der Waals surface area contributed by atoms with Crippen LogP contribution >= 0.6 is 27.3 Å². The van der Waals surface area contributed by atoms with Crippen molar-refractivity contribution in [2.45, 2.75) is 39.3 Å². The molecule has 0 aliphatic rings. The Balaban J connectivity index is 2.10. The van der Waals surface area contributed by atoms with E-state index in [2.05, 4.69) is 39.6 Å². The fourth-order valence-corrected chi connectivity index (χ4v) is 2.76. The predicted molar refractivity (Wildman–Crippen MR) is 76.2 cm³/mol. The van der Waals surface area contributed by atoms with Crippen LogP contribution in [0.4, 0.5) is 0 Å². The van der Waals surface area contributed by atoms with E-state index in [1.807, 2.05) is 13.0 Å². The third-order valence-electron chi connectivity index (χ3n) is 2.48. The Morgan fingerprint density at radius 3 is 2.88 bits per heavy atom. The molecular formula is C12H19BrN2OS. The Bertz CT molecular complexity index is 354. The Morgan fingerprint density at radius 1 is 1.53 bits per heavy atom. The van der Waals surface area contributed by atoms with Gasteiger partial charge in [0, 0.05) is 30.4 Å². The molecule has 0 saturated carbocycles. The second kappa shape index (κ2) is 7.84. The van der Waals surface area contributed by atoms with Gasteiger partial charge < -0.3 is 10.6 Å². The molecule has 2 N–H and O–H groups in total. The summed E-state index contributed by atoms with van der Waals surface area (Å²) in [7, 11) is 0. The number of amides is 1. The van der Waals surface area contributed by atoms with Gasteiger partial charge in [0.05, 0.1) is 3.79 Å². The minimum Gasteiger partial charge on any atom is -0.354 e. The van der Waals surface area contributed by atoms with Crippen LogP contribution in [0, 0.1) is 0 Å². The van der Waals surface area contributed by atoms with Crippen molar-refractivity contribution in [1.82, 2.24) is 10.6 Å². The third kappa shape index (κ3) is 6.19. The van der Waals surface area contributed by atoms with Crippen LogP contribution < -0.4 is 10.6 Å². The molecule has 3 nitrogen and oxygen atoms in total. The maximum atomic E-state index is 11.5. The lowest BCUT2D eigenvalue weighted by molar-refractivity contribution is -0.121. The summed E-state index contributed by atoms with van der Waals surface area (Å²) in [5, 5.41) is 6.21. The molecule has 5 heteroatoms. The van der Waals surface area contributed by atoms with Crippen LogP contribution in [-0.4, -0.2) is 18.5 Å². The van der Waals surface area contributed by atoms with E-state index in [1.54, 1.807) is 11.3 Å². The molecule has 17 heavy (non-hydrogen) atoms. The first-order valence-electron chi connectivity index (χ1n) is 5.86. The molecule has 0 saturated heterocycles. The number of rotatable bonds is 7. The minimum absolute atomic E-state index is 0.124. The average molecular weight is 319 g/mol. The van der Waals surface area contributed by atoms with Gasteiger partial charge in [-0.15, -0.1) is 11.3 Å². The van der Waals surface area contributed by atoms with E-state index in [0.717, 1.165) is 23.3 Å². The molecule has 0 radical (unpaired) electrons. The van der Waals surface area contributed by atoms with Gasteiger partial charge in [0.25, 0.3) is 0 Å². The molecule has 1 aromatic heterocycles. The van der Waals surface area contributed by atoms with Gasteiger partial charge in [-0.1, -0.05) is 6.92 Å². The van der Waals surface area contributed by atoms with Crippen LogP contribution in [0.1, 0.15) is 31.6 Å². The number of hydrogen-bond acceptors (Lipinski definition) is 3. The maximum absolute atomic E-state index is 11.5. The summed E-state index contributed by atoms with van der Waals surface area (Å²) in [6.45, 7) is 5.64. The fourth-order valence-electron chi connectivity index (χ4n) is 1.31. The lowest BCUT2D eigenvalue weighted by Gasteiger charge is -2.11. The number of halogens is 1. The zero-order valence-corrected chi connectivity index (χ0v) is 12.7. The molecule has 0 aromatic carbocycles. The summed E-state index contributed by atoms with van der Waals surface area (Å²) in [6.07, 6.45) is 1.51. The molecule has 96 valence electrons. The van der Waals surface area contributed by atoms with Crippen molar-refractivity contribution in [3.05, 3.63) is 20.8 Å². The molecule has 0 spiro atoms. The molecule has 1 heterocycles. The minimum atomic E-state index is 0.124. The Hall–Kier alpha value is -0.390. The fraction of sp³-hybridized carbons (Fsp3) is 0.583. The van der Waals surface area contributed by atoms with Crippen molar-refractivity contribution in [2.24, 2.45) is 0 Å². The van der Waals surface area contributed by atoms with E-state index < -0.39 is 0 Å². The van der Waals surface area contributed by atoms with Crippen molar-refractivity contribution >= 4 is 33.2 Å². The normalized spacial score (nSPS) is 12.4. The van der Waals surface area contributed by atoms with Crippen molar-refractivity contribution < 1.29 is 4.79 Å². The number of carbonyl (C=O) groups excluding carboxylic acids is 1. The SMILES string of the molecule is CCC(C)NC(=O)CCNCc1ccc(Br)s1. The second-order valence-corrected chi connectivity index (χ2v) is 6.56. The van der Waals surface area contributed by atoms with Crippen molar-refractivity contribution in [3.63, 3.8) is 0 Å². The van der Waals surface area contributed by atoms with Gasteiger partial charge in [0.15, 0.2) is 0 Å². The number of carbonyl (C=O) groups is 1. The topological polar surface area (TPSA) is 41.1 Å². The van der Waals surface area contributed by atoms with Crippen LogP contribution in [0.2, 0.25) is 0 Å². The van der Waals surface area contributed by atoms with Gasteiger partial charge in [-0.3, -0.25) is 4.79 Å². The Labute approximate surface area is 115 Å². The van der Waals surface area contributed by atoms with Gasteiger partial charge in [-0.2, -0.15) is 0 Å². The lowest BCUT2D eigenvalue weighted by Crippen LogP contribution is -2.33. The summed E-state index contributed by atoms with van der Waals surface area (Å²) >= 11 is 5.14. The highest BCUT2D eigenvalue weighted by Gasteiger charge is 2.04. The molecular weight excluding hydrogens is 300 g/mol. The molecule has 0 bridgehead atoms. The van der Waals surface area contributed by atoms with E-state index in [-0.39, 0.29) is 11.9 Å². The van der Waals surface area contributed by atoms with E-state index in [4.69, 9.17) is 0 Å². The zero-order chi connectivity index (χ0) is 12.7. The molecule has 1 rings (SSSR count). The van der Waals surface area contributed by atoms with E-state index in [9.17, 15) is 4.79 Å². The van der Waals surface area contributed by atoms with Gasteiger partial charge in [0.1, 0.15) is 0 Å². The van der Waals surface area contributed by atoms with E-state index in [1.165, 1.54) is 4.88 Å². The smallest absolute Gasteiger partial charge is 0.221 e. The first-order chi connectivity index (χ1) is 8.11. The third-order valence-corrected chi connectivity index (χ3v) is 4.10. The summed E-state index contributed by atoms with van der Waals surface area (Å²) < 4.78 is 1.14. The summed E-state index contributed by atoms with van der Waals surface area (Å²) in [5.74, 6) is 0.124. The van der Waals surface area contributed by atoms with Gasteiger partial charge in [0.2, 0.25) is 5.91 Å². The lowest BCUT2D eigenvalue weighted by atomic mass is 10.2. The molecule has 0 aliphatic carbocycles. The van der Waals surface area contributed by atoms with Crippen LogP contribution in [0.3, 0.4) is 0 Å². The molecule has 0 fully saturated rings. The zero-order valence-electron chi connectivity index (χ0n) is 10.3. The Morgan fingerprint density at radius 2 is 2.29 bits per heavy atom. The predicted octanol–water partition coefficient (Wildman–Crippen LogP) is 2.91. The number of hydrogen-bond donors (Lipinski definition) is 2. The van der Waals surface area contributed by atoms with Crippen LogP contribution in [0.25, 0.3) is 0 Å². The average Bonchev–Trinajstić information content (AvgIpc) is 2.70. The Kier molecular flexibility index (Phi) is 6.77. The van der Waals surface area contributed by atoms with Gasteiger partial charge >= 0.3 is 0 Å². The molecule has 1 amide bonds. The standard InChI is InChI=1S/C12H19BrN2OS/c1-3-9(2)15-12(16)6-7-14-8-10-4-5-11(13)17-10/h4-5,9,14H,3,6-8H2,1-2H3,(H,15,16). The number of thiophene rings is 1. The highest BCUT2D eigenvalue weighted by molar-refractivity contribution is 9.11. The first kappa shape index (κ1) is 14.7. The van der Waals surface area contributed by atoms with Crippen LogP contribution in [-0.2, 0) is 11.3 Å². The van der Waals surface area contributed by atoms with Crippen molar-refractivity contribution in [3.8, 4) is 0 Å². The highest BCUT2D eigenvalue weighted by atomic mass is 79.9. The van der Waals surface area contributed by atoms with Gasteiger partial charge in [-0.25, -0.2) is 0 Å². The van der Waals surface area contributed by atoms with Gasteiger partial charge in [-0.05, 0) is 41.4 Å². The monoisotopic (exact) mass is 318 g/mol. The second-order valence-electron chi connectivity index (χ2n) is 4.01. The molecule has 1 atom stereocenters. The number of nitrogens with one attached hydrogen (secondary N) is 2. The van der Waals surface area contributed by atoms with Crippen molar-refractivity contribution in [2.75, 3.05) is 6.54 Å². The largest absolute Gasteiger partial charge is 0.354 e.